The van der Waals surface area contributed by atoms with Crippen LogP contribution < -0.4 is 20.7 Å². The second-order valence-electron chi connectivity index (χ2n) is 4.15. The number of amides is 2. The van der Waals surface area contributed by atoms with Crippen molar-refractivity contribution < 1.29 is 9.53 Å². The van der Waals surface area contributed by atoms with Gasteiger partial charge in [0, 0.05) is 18.3 Å². The lowest BCUT2D eigenvalue weighted by Gasteiger charge is -2.16. The number of nitrogens with zero attached hydrogens (tertiary/aromatic N) is 1. The SMILES string of the molecule is COc1ccc(N2CC(CCN)NC2=O)cc1Cl. The third-order valence-corrected chi connectivity index (χ3v) is 3.23. The molecule has 1 aromatic carbocycles. The molecule has 1 heterocycles. The quantitative estimate of drug-likeness (QED) is 0.872. The highest BCUT2D eigenvalue weighted by molar-refractivity contribution is 6.32. The van der Waals surface area contributed by atoms with E-state index in [1.807, 2.05) is 6.07 Å². The summed E-state index contributed by atoms with van der Waals surface area (Å²) in [4.78, 5) is 13.5. The van der Waals surface area contributed by atoms with Crippen LogP contribution >= 0.6 is 11.6 Å². The second kappa shape index (κ2) is 5.46. The molecular weight excluding hydrogens is 254 g/mol. The van der Waals surface area contributed by atoms with Crippen molar-refractivity contribution in [1.82, 2.24) is 5.32 Å². The van der Waals surface area contributed by atoms with E-state index in [1.165, 1.54) is 0 Å². The number of hydrogen-bond acceptors (Lipinski definition) is 3. The molecule has 3 N–H and O–H groups in total. The maximum atomic E-state index is 11.8. The predicted molar refractivity (Wildman–Crippen MR) is 71.3 cm³/mol. The summed E-state index contributed by atoms with van der Waals surface area (Å²) < 4.78 is 5.08. The molecule has 1 unspecified atom stereocenters. The van der Waals surface area contributed by atoms with Crippen molar-refractivity contribution in [3.8, 4) is 5.75 Å². The summed E-state index contributed by atoms with van der Waals surface area (Å²) in [5.74, 6) is 0.596. The number of carbonyl (C=O) groups is 1. The molecule has 0 radical (unpaired) electrons. The Labute approximate surface area is 111 Å². The summed E-state index contributed by atoms with van der Waals surface area (Å²) >= 11 is 6.05. The van der Waals surface area contributed by atoms with Gasteiger partial charge >= 0.3 is 6.03 Å². The molecule has 1 atom stereocenters. The minimum absolute atomic E-state index is 0.100. The zero-order chi connectivity index (χ0) is 13.1. The van der Waals surface area contributed by atoms with Gasteiger partial charge in [-0.25, -0.2) is 4.79 Å². The third-order valence-electron chi connectivity index (χ3n) is 2.94. The summed E-state index contributed by atoms with van der Waals surface area (Å²) in [6.07, 6.45) is 0.770. The van der Waals surface area contributed by atoms with Crippen molar-refractivity contribution in [3.63, 3.8) is 0 Å². The average molecular weight is 270 g/mol. The van der Waals surface area contributed by atoms with Gasteiger partial charge in [-0.05, 0) is 31.2 Å². The Kier molecular flexibility index (Phi) is 3.93. The number of benzene rings is 1. The van der Waals surface area contributed by atoms with Gasteiger partial charge in [-0.1, -0.05) is 11.6 Å². The van der Waals surface area contributed by atoms with Crippen LogP contribution in [0.1, 0.15) is 6.42 Å². The first-order chi connectivity index (χ1) is 8.65. The van der Waals surface area contributed by atoms with Crippen LogP contribution in [0.2, 0.25) is 5.02 Å². The molecule has 1 aromatic rings. The fraction of sp³-hybridized carbons (Fsp3) is 0.417. The first-order valence-electron chi connectivity index (χ1n) is 5.77. The van der Waals surface area contributed by atoms with Gasteiger partial charge in [-0.3, -0.25) is 4.90 Å². The lowest BCUT2D eigenvalue weighted by Crippen LogP contribution is -2.29. The van der Waals surface area contributed by atoms with Gasteiger partial charge in [0.05, 0.1) is 12.1 Å². The molecule has 1 fully saturated rings. The molecule has 2 amide bonds. The van der Waals surface area contributed by atoms with E-state index in [2.05, 4.69) is 5.32 Å². The van der Waals surface area contributed by atoms with Gasteiger partial charge in [0.2, 0.25) is 0 Å². The molecular formula is C12H16ClN3O2. The number of ether oxygens (including phenoxy) is 1. The summed E-state index contributed by atoms with van der Waals surface area (Å²) in [5, 5.41) is 3.37. The molecule has 5 nitrogen and oxygen atoms in total. The van der Waals surface area contributed by atoms with E-state index in [0.717, 1.165) is 12.1 Å². The Morgan fingerprint density at radius 3 is 3.00 bits per heavy atom. The first kappa shape index (κ1) is 13.0. The van der Waals surface area contributed by atoms with Crippen LogP contribution in [0.25, 0.3) is 0 Å². The van der Waals surface area contributed by atoms with E-state index in [0.29, 0.717) is 23.9 Å². The lowest BCUT2D eigenvalue weighted by atomic mass is 10.2. The minimum Gasteiger partial charge on any atom is -0.495 e. The zero-order valence-corrected chi connectivity index (χ0v) is 10.9. The van der Waals surface area contributed by atoms with E-state index in [4.69, 9.17) is 22.1 Å². The summed E-state index contributed by atoms with van der Waals surface area (Å²) in [6.45, 7) is 1.17. The number of halogens is 1. The van der Waals surface area contributed by atoms with Crippen molar-refractivity contribution in [3.05, 3.63) is 23.2 Å². The molecule has 1 aliphatic rings. The van der Waals surface area contributed by atoms with E-state index in [-0.39, 0.29) is 12.1 Å². The molecule has 98 valence electrons. The van der Waals surface area contributed by atoms with Crippen LogP contribution in [0.3, 0.4) is 0 Å². The van der Waals surface area contributed by atoms with Crippen LogP contribution in [0, 0.1) is 0 Å². The molecule has 0 aliphatic carbocycles. The van der Waals surface area contributed by atoms with E-state index in [9.17, 15) is 4.79 Å². The Morgan fingerprint density at radius 1 is 1.61 bits per heavy atom. The van der Waals surface area contributed by atoms with Crippen LogP contribution in [0.4, 0.5) is 10.5 Å². The van der Waals surface area contributed by atoms with Gasteiger partial charge in [0.1, 0.15) is 5.75 Å². The van der Waals surface area contributed by atoms with Crippen molar-refractivity contribution in [1.29, 1.82) is 0 Å². The molecule has 0 aromatic heterocycles. The first-order valence-corrected chi connectivity index (χ1v) is 6.15. The molecule has 18 heavy (non-hydrogen) atoms. The van der Waals surface area contributed by atoms with Crippen LogP contribution in [0.5, 0.6) is 5.75 Å². The Balaban J connectivity index is 2.17. The monoisotopic (exact) mass is 269 g/mol. The lowest BCUT2D eigenvalue weighted by molar-refractivity contribution is 0.250. The average Bonchev–Trinajstić information content (AvgIpc) is 2.71. The molecule has 1 aliphatic heterocycles. The fourth-order valence-corrected chi connectivity index (χ4v) is 2.26. The Bertz CT molecular complexity index is 453. The minimum atomic E-state index is -0.116. The number of hydrogen-bond donors (Lipinski definition) is 2. The van der Waals surface area contributed by atoms with Crippen molar-refractivity contribution >= 4 is 23.3 Å². The van der Waals surface area contributed by atoms with Crippen LogP contribution in [-0.4, -0.2) is 32.3 Å². The predicted octanol–water partition coefficient (Wildman–Crippen LogP) is 1.60. The topological polar surface area (TPSA) is 67.6 Å². The molecule has 0 spiro atoms. The molecule has 2 rings (SSSR count). The number of urea groups is 1. The highest BCUT2D eigenvalue weighted by Crippen LogP contribution is 2.30. The number of methoxy groups -OCH3 is 1. The fourth-order valence-electron chi connectivity index (χ4n) is 2.01. The number of nitrogens with two attached hydrogens (primary N) is 1. The van der Waals surface area contributed by atoms with Gasteiger partial charge < -0.3 is 15.8 Å². The van der Waals surface area contributed by atoms with Crippen molar-refractivity contribution in [2.45, 2.75) is 12.5 Å². The zero-order valence-electron chi connectivity index (χ0n) is 10.1. The molecule has 1 saturated heterocycles. The van der Waals surface area contributed by atoms with Crippen LogP contribution in [0.15, 0.2) is 18.2 Å². The highest BCUT2D eigenvalue weighted by atomic mass is 35.5. The highest BCUT2D eigenvalue weighted by Gasteiger charge is 2.29. The van der Waals surface area contributed by atoms with Gasteiger partial charge in [-0.15, -0.1) is 0 Å². The summed E-state index contributed by atoms with van der Waals surface area (Å²) in [7, 11) is 1.56. The molecule has 0 bridgehead atoms. The van der Waals surface area contributed by atoms with E-state index < -0.39 is 0 Å². The maximum absolute atomic E-state index is 11.8. The van der Waals surface area contributed by atoms with Gasteiger partial charge in [-0.2, -0.15) is 0 Å². The summed E-state index contributed by atoms with van der Waals surface area (Å²) in [6, 6.07) is 5.28. The molecule has 0 saturated carbocycles. The van der Waals surface area contributed by atoms with Crippen molar-refractivity contribution in [2.24, 2.45) is 5.73 Å². The third kappa shape index (κ3) is 2.52. The van der Waals surface area contributed by atoms with Gasteiger partial charge in [0.15, 0.2) is 0 Å². The number of nitrogens with one attached hydrogen (secondary N) is 1. The van der Waals surface area contributed by atoms with E-state index in [1.54, 1.807) is 24.1 Å². The summed E-state index contributed by atoms with van der Waals surface area (Å²) in [5.41, 5.74) is 6.25. The number of carbonyl (C=O) groups excluding carboxylic acids is 1. The van der Waals surface area contributed by atoms with Crippen LogP contribution in [-0.2, 0) is 0 Å². The number of anilines is 1. The maximum Gasteiger partial charge on any atom is 0.322 e. The van der Waals surface area contributed by atoms with E-state index >= 15 is 0 Å². The Morgan fingerprint density at radius 2 is 2.39 bits per heavy atom. The largest absolute Gasteiger partial charge is 0.495 e. The normalized spacial score (nSPS) is 18.9. The van der Waals surface area contributed by atoms with Gasteiger partial charge in [0.25, 0.3) is 0 Å². The van der Waals surface area contributed by atoms with Crippen molar-refractivity contribution in [2.75, 3.05) is 25.1 Å². The number of rotatable bonds is 4. The Hall–Kier alpha value is -1.46. The standard InChI is InChI=1S/C12H16ClN3O2/c1-18-11-3-2-9(6-10(11)13)16-7-8(4-5-14)15-12(16)17/h2-3,6,8H,4-5,7,14H2,1H3,(H,15,17). The molecule has 6 heteroatoms. The smallest absolute Gasteiger partial charge is 0.322 e. The second-order valence-corrected chi connectivity index (χ2v) is 4.56.